The molecule has 0 aliphatic heterocycles. The van der Waals surface area contributed by atoms with Gasteiger partial charge < -0.3 is 15.2 Å². The Morgan fingerprint density at radius 2 is 2.44 bits per heavy atom. The van der Waals surface area contributed by atoms with Crippen LogP contribution in [0.25, 0.3) is 0 Å². The van der Waals surface area contributed by atoms with Gasteiger partial charge in [0.2, 0.25) is 0 Å². The molecule has 0 aliphatic carbocycles. The minimum Gasteiger partial charge on any atom is -0.386 e. The van der Waals surface area contributed by atoms with E-state index in [4.69, 9.17) is 4.74 Å². The fourth-order valence-electron chi connectivity index (χ4n) is 1.17. The SMILES string of the molecule is COC[C@](C)(O)CNC(=O)c1cn(C)nn1. The van der Waals surface area contributed by atoms with Gasteiger partial charge in [0, 0.05) is 20.7 Å². The number of carbonyl (C=O) groups excluding carboxylic acids is 1. The topological polar surface area (TPSA) is 89.3 Å². The maximum atomic E-state index is 11.5. The van der Waals surface area contributed by atoms with Crippen LogP contribution in [0.3, 0.4) is 0 Å². The molecular weight excluding hydrogens is 212 g/mol. The molecule has 0 fully saturated rings. The molecule has 90 valence electrons. The largest absolute Gasteiger partial charge is 0.386 e. The van der Waals surface area contributed by atoms with Crippen LogP contribution in [0.1, 0.15) is 17.4 Å². The molecule has 2 N–H and O–H groups in total. The van der Waals surface area contributed by atoms with E-state index in [2.05, 4.69) is 15.6 Å². The van der Waals surface area contributed by atoms with Crippen LogP contribution in [0.4, 0.5) is 0 Å². The van der Waals surface area contributed by atoms with Crippen molar-refractivity contribution in [2.24, 2.45) is 7.05 Å². The van der Waals surface area contributed by atoms with Gasteiger partial charge in [-0.15, -0.1) is 5.10 Å². The minimum absolute atomic E-state index is 0.0935. The summed E-state index contributed by atoms with van der Waals surface area (Å²) in [5, 5.41) is 19.6. The lowest BCUT2D eigenvalue weighted by molar-refractivity contribution is -0.0147. The fraction of sp³-hybridized carbons (Fsp3) is 0.667. The maximum absolute atomic E-state index is 11.5. The van der Waals surface area contributed by atoms with E-state index in [1.54, 1.807) is 14.0 Å². The maximum Gasteiger partial charge on any atom is 0.273 e. The van der Waals surface area contributed by atoms with E-state index in [1.165, 1.54) is 18.0 Å². The second-order valence-electron chi connectivity index (χ2n) is 3.89. The van der Waals surface area contributed by atoms with Crippen molar-refractivity contribution in [2.45, 2.75) is 12.5 Å². The van der Waals surface area contributed by atoms with Crippen molar-refractivity contribution < 1.29 is 14.6 Å². The molecule has 0 aliphatic rings. The number of aryl methyl sites for hydroxylation is 1. The highest BCUT2D eigenvalue weighted by molar-refractivity contribution is 5.91. The van der Waals surface area contributed by atoms with Crippen LogP contribution in [-0.2, 0) is 11.8 Å². The lowest BCUT2D eigenvalue weighted by atomic mass is 10.1. The van der Waals surface area contributed by atoms with Crippen molar-refractivity contribution in [1.29, 1.82) is 0 Å². The quantitative estimate of drug-likeness (QED) is 0.670. The third-order valence-electron chi connectivity index (χ3n) is 1.92. The Kier molecular flexibility index (Phi) is 3.97. The summed E-state index contributed by atoms with van der Waals surface area (Å²) in [5.74, 6) is -0.371. The monoisotopic (exact) mass is 228 g/mol. The van der Waals surface area contributed by atoms with Gasteiger partial charge in [0.15, 0.2) is 5.69 Å². The van der Waals surface area contributed by atoms with Gasteiger partial charge in [-0.3, -0.25) is 9.48 Å². The standard InChI is InChI=1S/C9H16N4O3/c1-9(15,6-16-3)5-10-8(14)7-4-13(2)12-11-7/h4,15H,5-6H2,1-3H3,(H,10,14)/t9-/m1/s1. The van der Waals surface area contributed by atoms with Crippen LogP contribution in [0.5, 0.6) is 0 Å². The predicted molar refractivity (Wildman–Crippen MR) is 55.8 cm³/mol. The van der Waals surface area contributed by atoms with Crippen LogP contribution in [0.15, 0.2) is 6.20 Å². The predicted octanol–water partition coefficient (Wildman–Crippen LogP) is -1.06. The molecule has 0 unspecified atom stereocenters. The summed E-state index contributed by atoms with van der Waals surface area (Å²) in [6.07, 6.45) is 1.50. The zero-order valence-electron chi connectivity index (χ0n) is 9.60. The van der Waals surface area contributed by atoms with Crippen molar-refractivity contribution in [2.75, 3.05) is 20.3 Å². The van der Waals surface area contributed by atoms with Gasteiger partial charge in [0.1, 0.15) is 5.60 Å². The summed E-state index contributed by atoms with van der Waals surface area (Å²) >= 11 is 0. The first-order valence-electron chi connectivity index (χ1n) is 4.80. The number of carbonyl (C=O) groups is 1. The first kappa shape index (κ1) is 12.6. The molecule has 7 nitrogen and oxygen atoms in total. The third-order valence-corrected chi connectivity index (χ3v) is 1.92. The van der Waals surface area contributed by atoms with E-state index in [9.17, 15) is 9.90 Å². The van der Waals surface area contributed by atoms with Gasteiger partial charge in [-0.2, -0.15) is 0 Å². The van der Waals surface area contributed by atoms with Gasteiger partial charge in [0.25, 0.3) is 5.91 Å². The first-order chi connectivity index (χ1) is 7.44. The highest BCUT2D eigenvalue weighted by Gasteiger charge is 2.22. The Labute approximate surface area is 93.4 Å². The van der Waals surface area contributed by atoms with Gasteiger partial charge in [-0.05, 0) is 6.92 Å². The van der Waals surface area contributed by atoms with Crippen LogP contribution in [0.2, 0.25) is 0 Å². The Balaban J connectivity index is 2.47. The van der Waals surface area contributed by atoms with E-state index in [-0.39, 0.29) is 24.8 Å². The third kappa shape index (κ3) is 3.59. The molecule has 1 atom stereocenters. The Hall–Kier alpha value is -1.47. The number of nitrogens with one attached hydrogen (secondary N) is 1. The number of aliphatic hydroxyl groups is 1. The van der Waals surface area contributed by atoms with E-state index in [0.717, 1.165) is 0 Å². The van der Waals surface area contributed by atoms with Gasteiger partial charge in [0.05, 0.1) is 12.8 Å². The molecule has 0 saturated carbocycles. The van der Waals surface area contributed by atoms with Crippen LogP contribution in [-0.4, -0.2) is 51.9 Å². The molecule has 1 aromatic rings. The lowest BCUT2D eigenvalue weighted by Crippen LogP contribution is -2.43. The van der Waals surface area contributed by atoms with E-state index in [0.29, 0.717) is 0 Å². The van der Waals surface area contributed by atoms with Crippen molar-refractivity contribution in [3.05, 3.63) is 11.9 Å². The number of ether oxygens (including phenoxy) is 1. The average Bonchev–Trinajstić information content (AvgIpc) is 2.61. The number of nitrogens with zero attached hydrogens (tertiary/aromatic N) is 3. The van der Waals surface area contributed by atoms with Crippen LogP contribution < -0.4 is 5.32 Å². The molecule has 1 aromatic heterocycles. The van der Waals surface area contributed by atoms with Gasteiger partial charge >= 0.3 is 0 Å². The molecular formula is C9H16N4O3. The fourth-order valence-corrected chi connectivity index (χ4v) is 1.17. The molecule has 16 heavy (non-hydrogen) atoms. The second kappa shape index (κ2) is 5.04. The average molecular weight is 228 g/mol. The highest BCUT2D eigenvalue weighted by atomic mass is 16.5. The summed E-state index contributed by atoms with van der Waals surface area (Å²) in [4.78, 5) is 11.5. The van der Waals surface area contributed by atoms with Gasteiger partial charge in [-0.1, -0.05) is 5.21 Å². The van der Waals surface area contributed by atoms with Crippen molar-refractivity contribution in [3.63, 3.8) is 0 Å². The van der Waals surface area contributed by atoms with Crippen molar-refractivity contribution in [3.8, 4) is 0 Å². The van der Waals surface area contributed by atoms with Crippen LogP contribution in [0, 0.1) is 0 Å². The van der Waals surface area contributed by atoms with Crippen LogP contribution >= 0.6 is 0 Å². The summed E-state index contributed by atoms with van der Waals surface area (Å²) in [6, 6.07) is 0. The Morgan fingerprint density at radius 1 is 1.75 bits per heavy atom. The number of hydrogen-bond donors (Lipinski definition) is 2. The van der Waals surface area contributed by atoms with Gasteiger partial charge in [-0.25, -0.2) is 0 Å². The molecule has 0 radical (unpaired) electrons. The van der Waals surface area contributed by atoms with E-state index >= 15 is 0 Å². The van der Waals surface area contributed by atoms with Crippen molar-refractivity contribution >= 4 is 5.91 Å². The smallest absolute Gasteiger partial charge is 0.273 e. The van der Waals surface area contributed by atoms with E-state index in [1.807, 2.05) is 0 Å². The first-order valence-corrected chi connectivity index (χ1v) is 4.80. The summed E-state index contributed by atoms with van der Waals surface area (Å²) in [7, 11) is 3.16. The van der Waals surface area contributed by atoms with Crippen molar-refractivity contribution in [1.82, 2.24) is 20.3 Å². The Bertz CT molecular complexity index is 361. The lowest BCUT2D eigenvalue weighted by Gasteiger charge is -2.22. The summed E-state index contributed by atoms with van der Waals surface area (Å²) in [6.45, 7) is 1.82. The number of methoxy groups -OCH3 is 1. The number of rotatable bonds is 5. The number of aromatic nitrogens is 3. The molecule has 1 heterocycles. The molecule has 0 bridgehead atoms. The zero-order valence-corrected chi connectivity index (χ0v) is 9.60. The molecule has 7 heteroatoms. The molecule has 0 aromatic carbocycles. The number of hydrogen-bond acceptors (Lipinski definition) is 5. The highest BCUT2D eigenvalue weighted by Crippen LogP contribution is 2.01. The summed E-state index contributed by atoms with van der Waals surface area (Å²) in [5.41, 5.74) is -0.872. The van der Waals surface area contributed by atoms with E-state index < -0.39 is 5.60 Å². The molecule has 0 spiro atoms. The molecule has 1 rings (SSSR count). The number of amides is 1. The summed E-state index contributed by atoms with van der Waals surface area (Å²) < 4.78 is 6.25. The second-order valence-corrected chi connectivity index (χ2v) is 3.89. The molecule has 0 saturated heterocycles. The normalized spacial score (nSPS) is 14.5. The zero-order chi connectivity index (χ0) is 12.2. The molecule has 1 amide bonds. The minimum atomic E-state index is -1.09. The Morgan fingerprint density at radius 3 is 2.94 bits per heavy atom.